The second-order valence-electron chi connectivity index (χ2n) is 6.44. The molecular weight excluding hydrogens is 320 g/mol. The number of aryl methyl sites for hydroxylation is 1. The lowest BCUT2D eigenvalue weighted by Gasteiger charge is -2.23. The van der Waals surface area contributed by atoms with Gasteiger partial charge in [-0.3, -0.25) is 4.79 Å². The Labute approximate surface area is 146 Å². The Morgan fingerprint density at radius 2 is 1.96 bits per heavy atom. The van der Waals surface area contributed by atoms with Crippen LogP contribution in [0, 0.1) is 0 Å². The van der Waals surface area contributed by atoms with Crippen molar-refractivity contribution in [3.8, 4) is 0 Å². The SMILES string of the molecule is O=C(Cc1ccc(Cl)cc1)NC1CCc2[nH]c3ccccc3c2C1. The van der Waals surface area contributed by atoms with Crippen LogP contribution in [0.5, 0.6) is 0 Å². The molecule has 1 aliphatic carbocycles. The van der Waals surface area contributed by atoms with Gasteiger partial charge in [-0.2, -0.15) is 0 Å². The van der Waals surface area contributed by atoms with Crippen molar-refractivity contribution >= 4 is 28.4 Å². The van der Waals surface area contributed by atoms with Gasteiger partial charge in [0.15, 0.2) is 0 Å². The van der Waals surface area contributed by atoms with Crippen LogP contribution in [0.2, 0.25) is 5.02 Å². The zero-order valence-corrected chi connectivity index (χ0v) is 14.1. The smallest absolute Gasteiger partial charge is 0.224 e. The van der Waals surface area contributed by atoms with E-state index >= 15 is 0 Å². The number of carbonyl (C=O) groups excluding carboxylic acids is 1. The fourth-order valence-electron chi connectivity index (χ4n) is 3.56. The lowest BCUT2D eigenvalue weighted by Crippen LogP contribution is -2.39. The highest BCUT2D eigenvalue weighted by atomic mass is 35.5. The van der Waals surface area contributed by atoms with Crippen molar-refractivity contribution in [1.29, 1.82) is 0 Å². The molecule has 2 aromatic carbocycles. The molecule has 0 aliphatic heterocycles. The fourth-order valence-corrected chi connectivity index (χ4v) is 3.68. The molecule has 0 saturated heterocycles. The monoisotopic (exact) mass is 338 g/mol. The number of aromatic amines is 1. The Hall–Kier alpha value is -2.26. The summed E-state index contributed by atoms with van der Waals surface area (Å²) in [5.74, 6) is 0.0746. The number of hydrogen-bond acceptors (Lipinski definition) is 1. The molecular formula is C20H19ClN2O. The van der Waals surface area contributed by atoms with Gasteiger partial charge < -0.3 is 10.3 Å². The minimum Gasteiger partial charge on any atom is -0.358 e. The molecule has 1 aliphatic rings. The number of benzene rings is 2. The van der Waals surface area contributed by atoms with Crippen LogP contribution in [0.25, 0.3) is 10.9 Å². The average Bonchev–Trinajstić information content (AvgIpc) is 2.95. The minimum atomic E-state index is 0.0746. The highest BCUT2D eigenvalue weighted by Crippen LogP contribution is 2.29. The second kappa shape index (κ2) is 6.33. The van der Waals surface area contributed by atoms with E-state index < -0.39 is 0 Å². The minimum absolute atomic E-state index is 0.0746. The second-order valence-corrected chi connectivity index (χ2v) is 6.87. The standard InChI is InChI=1S/C20H19ClN2O/c21-14-7-5-13(6-8-14)11-20(24)22-15-9-10-19-17(12-15)16-3-1-2-4-18(16)23-19/h1-8,15,23H,9-12H2,(H,22,24). The summed E-state index contributed by atoms with van der Waals surface area (Å²) in [6.07, 6.45) is 3.25. The van der Waals surface area contributed by atoms with Gasteiger partial charge in [0.25, 0.3) is 0 Å². The molecule has 0 bridgehead atoms. The van der Waals surface area contributed by atoms with Crippen molar-refractivity contribution in [2.75, 3.05) is 0 Å². The van der Waals surface area contributed by atoms with Gasteiger partial charge in [-0.1, -0.05) is 41.9 Å². The van der Waals surface area contributed by atoms with Gasteiger partial charge in [-0.05, 0) is 48.6 Å². The molecule has 24 heavy (non-hydrogen) atoms. The Balaban J connectivity index is 1.44. The van der Waals surface area contributed by atoms with E-state index in [4.69, 9.17) is 11.6 Å². The maximum absolute atomic E-state index is 12.3. The quantitative estimate of drug-likeness (QED) is 0.744. The molecule has 4 rings (SSSR count). The number of rotatable bonds is 3. The summed E-state index contributed by atoms with van der Waals surface area (Å²) in [5, 5.41) is 5.17. The Kier molecular flexibility index (Phi) is 4.03. The van der Waals surface area contributed by atoms with Crippen LogP contribution in [0.4, 0.5) is 0 Å². The van der Waals surface area contributed by atoms with Crippen molar-refractivity contribution < 1.29 is 4.79 Å². The summed E-state index contributed by atoms with van der Waals surface area (Å²) < 4.78 is 0. The van der Waals surface area contributed by atoms with Gasteiger partial charge in [0.1, 0.15) is 0 Å². The predicted molar refractivity (Wildman–Crippen MR) is 97.4 cm³/mol. The number of fused-ring (bicyclic) bond motifs is 3. The van der Waals surface area contributed by atoms with Gasteiger partial charge in [0.2, 0.25) is 5.91 Å². The van der Waals surface area contributed by atoms with Gasteiger partial charge in [-0.15, -0.1) is 0 Å². The Bertz CT molecular complexity index is 882. The van der Waals surface area contributed by atoms with Crippen molar-refractivity contribution in [2.24, 2.45) is 0 Å². The molecule has 1 atom stereocenters. The Morgan fingerprint density at radius 1 is 1.17 bits per heavy atom. The van der Waals surface area contributed by atoms with Crippen molar-refractivity contribution in [3.05, 3.63) is 70.4 Å². The largest absolute Gasteiger partial charge is 0.358 e. The third-order valence-electron chi connectivity index (χ3n) is 4.74. The molecule has 1 heterocycles. The lowest BCUT2D eigenvalue weighted by molar-refractivity contribution is -0.121. The molecule has 0 spiro atoms. The maximum Gasteiger partial charge on any atom is 0.224 e. The number of carbonyl (C=O) groups is 1. The normalized spacial score (nSPS) is 16.8. The summed E-state index contributed by atoms with van der Waals surface area (Å²) >= 11 is 5.89. The molecule has 3 aromatic rings. The van der Waals surface area contributed by atoms with E-state index in [9.17, 15) is 4.79 Å². The van der Waals surface area contributed by atoms with E-state index in [1.165, 1.54) is 22.2 Å². The highest BCUT2D eigenvalue weighted by molar-refractivity contribution is 6.30. The molecule has 1 unspecified atom stereocenters. The molecule has 1 amide bonds. The summed E-state index contributed by atoms with van der Waals surface area (Å²) in [7, 11) is 0. The van der Waals surface area contributed by atoms with E-state index in [1.54, 1.807) is 0 Å². The first-order valence-electron chi connectivity index (χ1n) is 8.31. The zero-order valence-electron chi connectivity index (χ0n) is 13.3. The van der Waals surface area contributed by atoms with E-state index in [-0.39, 0.29) is 11.9 Å². The molecule has 2 N–H and O–H groups in total. The Morgan fingerprint density at radius 3 is 2.79 bits per heavy atom. The molecule has 122 valence electrons. The maximum atomic E-state index is 12.3. The van der Waals surface area contributed by atoms with Gasteiger partial charge in [-0.25, -0.2) is 0 Å². The first-order valence-corrected chi connectivity index (χ1v) is 8.69. The van der Waals surface area contributed by atoms with E-state index in [0.29, 0.717) is 11.4 Å². The number of para-hydroxylation sites is 1. The van der Waals surface area contributed by atoms with Gasteiger partial charge in [0, 0.05) is 27.7 Å². The third-order valence-corrected chi connectivity index (χ3v) is 4.99. The zero-order chi connectivity index (χ0) is 16.5. The molecule has 1 aromatic heterocycles. The van der Waals surface area contributed by atoms with Gasteiger partial charge >= 0.3 is 0 Å². The molecule has 4 heteroatoms. The first-order chi connectivity index (χ1) is 11.7. The lowest BCUT2D eigenvalue weighted by atomic mass is 9.91. The van der Waals surface area contributed by atoms with Crippen LogP contribution in [-0.4, -0.2) is 16.9 Å². The molecule has 0 radical (unpaired) electrons. The number of nitrogens with one attached hydrogen (secondary N) is 2. The van der Waals surface area contributed by atoms with E-state index in [2.05, 4.69) is 34.6 Å². The van der Waals surface area contributed by atoms with Crippen LogP contribution in [0.15, 0.2) is 48.5 Å². The van der Waals surface area contributed by atoms with Crippen molar-refractivity contribution in [3.63, 3.8) is 0 Å². The summed E-state index contributed by atoms with van der Waals surface area (Å²) in [6.45, 7) is 0. The number of H-pyrrole nitrogens is 1. The number of aromatic nitrogens is 1. The fraction of sp³-hybridized carbons (Fsp3) is 0.250. The molecule has 0 saturated carbocycles. The van der Waals surface area contributed by atoms with Crippen LogP contribution in [0.3, 0.4) is 0 Å². The van der Waals surface area contributed by atoms with Gasteiger partial charge in [0.05, 0.1) is 6.42 Å². The van der Waals surface area contributed by atoms with E-state index in [0.717, 1.165) is 24.8 Å². The summed E-state index contributed by atoms with van der Waals surface area (Å²) in [6, 6.07) is 16.0. The number of halogens is 1. The number of hydrogen-bond donors (Lipinski definition) is 2. The van der Waals surface area contributed by atoms with Crippen LogP contribution >= 0.6 is 11.6 Å². The third kappa shape index (κ3) is 3.04. The summed E-state index contributed by atoms with van der Waals surface area (Å²) in [4.78, 5) is 15.8. The van der Waals surface area contributed by atoms with Crippen LogP contribution in [-0.2, 0) is 24.1 Å². The highest BCUT2D eigenvalue weighted by Gasteiger charge is 2.23. The topological polar surface area (TPSA) is 44.9 Å². The van der Waals surface area contributed by atoms with Crippen molar-refractivity contribution in [1.82, 2.24) is 10.3 Å². The van der Waals surface area contributed by atoms with E-state index in [1.807, 2.05) is 24.3 Å². The predicted octanol–water partition coefficient (Wildman–Crippen LogP) is 4.04. The average molecular weight is 339 g/mol. The molecule has 0 fully saturated rings. The van der Waals surface area contributed by atoms with Crippen LogP contribution < -0.4 is 5.32 Å². The van der Waals surface area contributed by atoms with Crippen LogP contribution in [0.1, 0.15) is 23.2 Å². The summed E-state index contributed by atoms with van der Waals surface area (Å²) in [5.41, 5.74) is 4.85. The number of amides is 1. The molecule has 3 nitrogen and oxygen atoms in total. The first kappa shape index (κ1) is 15.3. The van der Waals surface area contributed by atoms with Crippen molar-refractivity contribution in [2.45, 2.75) is 31.7 Å².